The molecule has 2 radical (unpaired) electrons. The summed E-state index contributed by atoms with van der Waals surface area (Å²) in [6.07, 6.45) is 0. The summed E-state index contributed by atoms with van der Waals surface area (Å²) >= 11 is 0. The normalized spacial score (nSPS) is 10.9. The van der Waals surface area contributed by atoms with Crippen LogP contribution < -0.4 is 10.8 Å². The van der Waals surface area contributed by atoms with Crippen molar-refractivity contribution < 1.29 is 0 Å². The molecular weight excluding hydrogens is 174 g/mol. The molecule has 0 aliphatic rings. The molecule has 0 amide bonds. The van der Waals surface area contributed by atoms with Crippen molar-refractivity contribution in [3.63, 3.8) is 0 Å². The lowest BCUT2D eigenvalue weighted by Crippen LogP contribution is -2.27. The summed E-state index contributed by atoms with van der Waals surface area (Å²) in [6, 6.07) is 2.16. The number of aryl methyl sites for hydroxylation is 2. The SMILES string of the molecule is [B]c1c(C)cc(C)c(C(C)C)c1P. The number of hydrogen-bond acceptors (Lipinski definition) is 0. The first-order valence-electron chi connectivity index (χ1n) is 4.60. The van der Waals surface area contributed by atoms with Crippen LogP contribution in [0.2, 0.25) is 0 Å². The number of hydrogen-bond donors (Lipinski definition) is 0. The van der Waals surface area contributed by atoms with Crippen molar-refractivity contribution >= 4 is 27.9 Å². The van der Waals surface area contributed by atoms with Crippen molar-refractivity contribution in [1.29, 1.82) is 0 Å². The van der Waals surface area contributed by atoms with Crippen molar-refractivity contribution in [2.24, 2.45) is 0 Å². The van der Waals surface area contributed by atoms with Gasteiger partial charge in [-0.2, -0.15) is 0 Å². The minimum Gasteiger partial charge on any atom is -0.106 e. The average Bonchev–Trinajstić information content (AvgIpc) is 1.99. The van der Waals surface area contributed by atoms with E-state index >= 15 is 0 Å². The molecular formula is C11H16BP. The van der Waals surface area contributed by atoms with Crippen LogP contribution >= 0.6 is 9.24 Å². The Morgan fingerprint density at radius 1 is 1.23 bits per heavy atom. The summed E-state index contributed by atoms with van der Waals surface area (Å²) in [5, 5.41) is 1.17. The smallest absolute Gasteiger partial charge is 0.106 e. The molecule has 0 spiro atoms. The van der Waals surface area contributed by atoms with Crippen molar-refractivity contribution in [3.05, 3.63) is 22.8 Å². The Labute approximate surface area is 84.7 Å². The molecule has 1 atom stereocenters. The maximum Gasteiger partial charge on any atom is 0.115 e. The first kappa shape index (κ1) is 10.8. The summed E-state index contributed by atoms with van der Waals surface area (Å²) in [6.45, 7) is 8.60. The highest BCUT2D eigenvalue weighted by molar-refractivity contribution is 7.28. The van der Waals surface area contributed by atoms with E-state index in [9.17, 15) is 0 Å². The van der Waals surface area contributed by atoms with Gasteiger partial charge in [-0.05, 0) is 36.2 Å². The van der Waals surface area contributed by atoms with Crippen LogP contribution in [0, 0.1) is 13.8 Å². The molecule has 0 heterocycles. The van der Waals surface area contributed by atoms with E-state index in [4.69, 9.17) is 7.85 Å². The largest absolute Gasteiger partial charge is 0.115 e. The molecule has 0 fully saturated rings. The number of benzene rings is 1. The molecule has 0 N–H and O–H groups in total. The third kappa shape index (κ3) is 1.97. The second kappa shape index (κ2) is 3.84. The fraction of sp³-hybridized carbons (Fsp3) is 0.455. The molecule has 0 aliphatic heterocycles. The van der Waals surface area contributed by atoms with Gasteiger partial charge in [-0.25, -0.2) is 0 Å². The Morgan fingerprint density at radius 3 is 2.23 bits per heavy atom. The Kier molecular flexibility index (Phi) is 3.19. The molecule has 0 saturated carbocycles. The summed E-state index contributed by atoms with van der Waals surface area (Å²) in [7, 11) is 8.72. The van der Waals surface area contributed by atoms with E-state index in [1.165, 1.54) is 22.0 Å². The highest BCUT2D eigenvalue weighted by atomic mass is 31.0. The molecule has 13 heavy (non-hydrogen) atoms. The van der Waals surface area contributed by atoms with E-state index in [1.807, 2.05) is 0 Å². The molecule has 2 heteroatoms. The number of rotatable bonds is 1. The zero-order valence-electron chi connectivity index (χ0n) is 8.81. The van der Waals surface area contributed by atoms with E-state index in [-0.39, 0.29) is 0 Å². The molecule has 68 valence electrons. The standard InChI is InChI=1S/C11H16BP/c1-6(2)9-7(3)5-8(4)10(12)11(9)13/h5-6H,13H2,1-4H3. The monoisotopic (exact) mass is 190 g/mol. The predicted octanol–water partition coefficient (Wildman–Crippen LogP) is 1.72. The maximum absolute atomic E-state index is 5.97. The molecule has 1 aromatic carbocycles. The summed E-state index contributed by atoms with van der Waals surface area (Å²) < 4.78 is 0. The fourth-order valence-corrected chi connectivity index (χ4v) is 2.61. The van der Waals surface area contributed by atoms with Gasteiger partial charge in [0.15, 0.2) is 0 Å². The van der Waals surface area contributed by atoms with Crippen molar-refractivity contribution in [3.8, 4) is 0 Å². The molecule has 1 unspecified atom stereocenters. The summed E-state index contributed by atoms with van der Waals surface area (Å²) in [5.74, 6) is 0.537. The van der Waals surface area contributed by atoms with Crippen molar-refractivity contribution in [1.82, 2.24) is 0 Å². The Morgan fingerprint density at radius 2 is 1.77 bits per heavy atom. The van der Waals surface area contributed by atoms with E-state index in [0.717, 1.165) is 5.46 Å². The molecule has 0 aliphatic carbocycles. The van der Waals surface area contributed by atoms with Crippen LogP contribution in [0.15, 0.2) is 6.07 Å². The highest BCUT2D eigenvalue weighted by Crippen LogP contribution is 2.18. The predicted molar refractivity (Wildman–Crippen MR) is 64.7 cm³/mol. The van der Waals surface area contributed by atoms with Gasteiger partial charge in [0.2, 0.25) is 0 Å². The Balaban J connectivity index is 3.44. The third-order valence-corrected chi connectivity index (χ3v) is 3.06. The van der Waals surface area contributed by atoms with Gasteiger partial charge in [0.1, 0.15) is 7.85 Å². The second-order valence-corrected chi connectivity index (χ2v) is 4.48. The minimum absolute atomic E-state index is 0.537. The van der Waals surface area contributed by atoms with Gasteiger partial charge in [0.05, 0.1) is 0 Å². The van der Waals surface area contributed by atoms with E-state index in [0.29, 0.717) is 5.92 Å². The van der Waals surface area contributed by atoms with Gasteiger partial charge in [0.25, 0.3) is 0 Å². The van der Waals surface area contributed by atoms with Crippen LogP contribution in [0.25, 0.3) is 0 Å². The van der Waals surface area contributed by atoms with Crippen LogP contribution in [-0.4, -0.2) is 7.85 Å². The third-order valence-electron chi connectivity index (χ3n) is 2.44. The van der Waals surface area contributed by atoms with Crippen molar-refractivity contribution in [2.45, 2.75) is 33.6 Å². The first-order valence-corrected chi connectivity index (χ1v) is 5.18. The summed E-state index contributed by atoms with van der Waals surface area (Å²) in [4.78, 5) is 0. The molecule has 1 rings (SSSR count). The van der Waals surface area contributed by atoms with E-state index in [1.54, 1.807) is 0 Å². The lowest BCUT2D eigenvalue weighted by molar-refractivity contribution is 0.864. The lowest BCUT2D eigenvalue weighted by Gasteiger charge is -2.17. The van der Waals surface area contributed by atoms with Gasteiger partial charge in [-0.1, -0.05) is 30.9 Å². The second-order valence-electron chi connectivity index (χ2n) is 3.91. The van der Waals surface area contributed by atoms with Gasteiger partial charge < -0.3 is 0 Å². The first-order chi connectivity index (χ1) is 5.95. The van der Waals surface area contributed by atoms with Gasteiger partial charge in [0, 0.05) is 0 Å². The molecule has 0 aromatic heterocycles. The zero-order valence-corrected chi connectivity index (χ0v) is 9.96. The van der Waals surface area contributed by atoms with Crippen LogP contribution in [0.3, 0.4) is 0 Å². The van der Waals surface area contributed by atoms with Crippen molar-refractivity contribution in [2.75, 3.05) is 0 Å². The lowest BCUT2D eigenvalue weighted by atomic mass is 9.84. The van der Waals surface area contributed by atoms with Gasteiger partial charge >= 0.3 is 0 Å². The van der Waals surface area contributed by atoms with Crippen LogP contribution in [0.4, 0.5) is 0 Å². The zero-order chi connectivity index (χ0) is 10.2. The maximum atomic E-state index is 5.97. The quantitative estimate of drug-likeness (QED) is 0.467. The van der Waals surface area contributed by atoms with Crippen LogP contribution in [0.1, 0.15) is 36.5 Å². The van der Waals surface area contributed by atoms with Gasteiger partial charge in [-0.3, -0.25) is 0 Å². The van der Waals surface area contributed by atoms with Crippen LogP contribution in [0.5, 0.6) is 0 Å². The van der Waals surface area contributed by atoms with Gasteiger partial charge in [-0.15, -0.1) is 9.24 Å². The fourth-order valence-electron chi connectivity index (χ4n) is 1.82. The average molecular weight is 190 g/mol. The van der Waals surface area contributed by atoms with E-state index in [2.05, 4.69) is 43.0 Å². The minimum atomic E-state index is 0.537. The van der Waals surface area contributed by atoms with Crippen LogP contribution in [-0.2, 0) is 0 Å². The molecule has 0 saturated heterocycles. The molecule has 0 bridgehead atoms. The Bertz CT molecular complexity index is 329. The topological polar surface area (TPSA) is 0 Å². The summed E-state index contributed by atoms with van der Waals surface area (Å²) in [5.41, 5.74) is 4.80. The van der Waals surface area contributed by atoms with E-state index < -0.39 is 0 Å². The molecule has 0 nitrogen and oxygen atoms in total. The Hall–Kier alpha value is -0.285. The highest BCUT2D eigenvalue weighted by Gasteiger charge is 2.10. The molecule has 1 aromatic rings.